The van der Waals surface area contributed by atoms with Crippen LogP contribution in [0.15, 0.2) is 53.5 Å². The molecule has 4 rings (SSSR count). The lowest BCUT2D eigenvalue weighted by Crippen LogP contribution is -2.42. The van der Waals surface area contributed by atoms with Crippen molar-refractivity contribution in [3.8, 4) is 5.75 Å². The molecule has 0 radical (unpaired) electrons. The molecule has 1 fully saturated rings. The Morgan fingerprint density at radius 3 is 2.60 bits per heavy atom. The molecule has 10 nitrogen and oxygen atoms in total. The third-order valence-corrected chi connectivity index (χ3v) is 9.52. The van der Waals surface area contributed by atoms with Gasteiger partial charge in [0.2, 0.25) is 10.0 Å². The minimum Gasteiger partial charge on any atom is -0.489 e. The van der Waals surface area contributed by atoms with Gasteiger partial charge in [-0.1, -0.05) is 61.2 Å². The number of likely N-dealkylation sites (tertiary alicyclic amines) is 1. The van der Waals surface area contributed by atoms with Gasteiger partial charge >= 0.3 is 5.97 Å². The first kappa shape index (κ1) is 32.3. The minimum absolute atomic E-state index is 0.0305. The second-order valence-electron chi connectivity index (χ2n) is 10.9. The van der Waals surface area contributed by atoms with E-state index in [1.807, 2.05) is 0 Å². The van der Waals surface area contributed by atoms with Crippen molar-refractivity contribution in [2.75, 3.05) is 36.2 Å². The molecule has 0 atom stereocenters. The van der Waals surface area contributed by atoms with Gasteiger partial charge in [-0.2, -0.15) is 0 Å². The van der Waals surface area contributed by atoms with E-state index in [1.165, 1.54) is 37.6 Å². The predicted octanol–water partition coefficient (Wildman–Crippen LogP) is 5.15. The number of carboxylic acids is 1. The van der Waals surface area contributed by atoms with Gasteiger partial charge in [-0.05, 0) is 42.7 Å². The number of piperidine rings is 1. The molecule has 4 N–H and O–H groups in total. The molecule has 0 aromatic heterocycles. The largest absolute Gasteiger partial charge is 0.489 e. The topological polar surface area (TPSA) is 149 Å². The molecule has 0 spiro atoms. The molecule has 12 heteroatoms. The average molecular weight is 630 g/mol. The zero-order chi connectivity index (χ0) is 30.8. The van der Waals surface area contributed by atoms with Crippen molar-refractivity contribution < 1.29 is 23.1 Å². The fourth-order valence-electron chi connectivity index (χ4n) is 5.33. The summed E-state index contributed by atoms with van der Waals surface area (Å²) in [6.45, 7) is 2.50. The number of aliphatic imine (C=N–C) groups is 1. The Bertz CT molecular complexity index is 1450. The Kier molecular flexibility index (Phi) is 11.5. The van der Waals surface area contributed by atoms with Crippen LogP contribution in [0.5, 0.6) is 5.75 Å². The number of nitrogen functional groups attached to an aromatic ring is 1. The number of hydrogen-bond donors (Lipinski definition) is 3. The summed E-state index contributed by atoms with van der Waals surface area (Å²) in [5.74, 6) is -0.938. The number of ether oxygens (including phenoxy) is 1. The van der Waals surface area contributed by atoms with Crippen molar-refractivity contribution in [2.45, 2.75) is 57.5 Å². The van der Waals surface area contributed by atoms with E-state index in [0.29, 0.717) is 16.9 Å². The van der Waals surface area contributed by atoms with Crippen molar-refractivity contribution in [2.24, 2.45) is 10.7 Å². The van der Waals surface area contributed by atoms with Gasteiger partial charge in [0.15, 0.2) is 5.75 Å². The SMILES string of the molecule is N=C(N)c1cccc(/C=C/CN(c2ccc(OC3CCN(C4=NCCCCCCC4)CC3)c(Cl)c2)S(=O)(=O)CC(=O)O)c1. The standard InChI is InChI=1S/C31H40ClN5O5S/c32-27-21-25(37(43(40,41)22-30(38)39)17-7-9-23-8-6-10-24(20-23)31(33)34)12-13-28(27)42-26-14-18-36(19-15-26)29-11-4-2-1-3-5-16-35-29/h6-10,12-13,20-21,26H,1-5,11,14-19,22H2,(H3,33,34)(H,38,39)/b9-7+,35-29?. The van der Waals surface area contributed by atoms with Crippen LogP contribution in [-0.2, 0) is 14.8 Å². The highest BCUT2D eigenvalue weighted by molar-refractivity contribution is 7.93. The van der Waals surface area contributed by atoms with E-state index in [4.69, 9.17) is 32.5 Å². The molecule has 43 heavy (non-hydrogen) atoms. The van der Waals surface area contributed by atoms with Crippen LogP contribution < -0.4 is 14.8 Å². The number of amidine groups is 2. The molecular formula is C31H40ClN5O5S. The summed E-state index contributed by atoms with van der Waals surface area (Å²) in [6, 6.07) is 11.6. The fourth-order valence-corrected chi connectivity index (χ4v) is 6.77. The first-order valence-electron chi connectivity index (χ1n) is 14.7. The van der Waals surface area contributed by atoms with Gasteiger partial charge in [-0.15, -0.1) is 0 Å². The molecule has 0 amide bonds. The highest BCUT2D eigenvalue weighted by Crippen LogP contribution is 2.33. The second kappa shape index (κ2) is 15.2. The molecule has 1 saturated heterocycles. The normalized spacial score (nSPS) is 17.0. The predicted molar refractivity (Wildman–Crippen MR) is 172 cm³/mol. The highest BCUT2D eigenvalue weighted by Gasteiger charge is 2.27. The van der Waals surface area contributed by atoms with Crippen LogP contribution in [0.1, 0.15) is 62.5 Å². The lowest BCUT2D eigenvalue weighted by atomic mass is 10.1. The molecule has 2 aromatic carbocycles. The Balaban J connectivity index is 1.44. The number of carboxylic acid groups (broad SMARTS) is 1. The van der Waals surface area contributed by atoms with Crippen molar-refractivity contribution in [3.63, 3.8) is 0 Å². The molecule has 0 unspecified atom stereocenters. The van der Waals surface area contributed by atoms with Crippen LogP contribution >= 0.6 is 11.6 Å². The van der Waals surface area contributed by atoms with Crippen LogP contribution in [0, 0.1) is 5.41 Å². The number of hydrogen-bond acceptors (Lipinski definition) is 7. The zero-order valence-corrected chi connectivity index (χ0v) is 25.8. The highest BCUT2D eigenvalue weighted by atomic mass is 35.5. The summed E-state index contributed by atoms with van der Waals surface area (Å²) >= 11 is 6.58. The summed E-state index contributed by atoms with van der Waals surface area (Å²) in [6.07, 6.45) is 12.1. The van der Waals surface area contributed by atoms with Crippen molar-refractivity contribution in [1.82, 2.24) is 4.90 Å². The Morgan fingerprint density at radius 1 is 1.14 bits per heavy atom. The molecule has 232 valence electrons. The Labute approximate surface area is 258 Å². The first-order chi connectivity index (χ1) is 20.6. The summed E-state index contributed by atoms with van der Waals surface area (Å²) in [5.41, 5.74) is 7.05. The van der Waals surface area contributed by atoms with Gasteiger partial charge in [-0.25, -0.2) is 8.42 Å². The third kappa shape index (κ3) is 9.46. The number of nitrogens with two attached hydrogens (primary N) is 1. The fraction of sp³-hybridized carbons (Fsp3) is 0.452. The summed E-state index contributed by atoms with van der Waals surface area (Å²) in [4.78, 5) is 18.6. The molecule has 2 heterocycles. The number of carbonyl (C=O) groups is 1. The zero-order valence-electron chi connectivity index (χ0n) is 24.3. The first-order valence-corrected chi connectivity index (χ1v) is 16.7. The van der Waals surface area contributed by atoms with E-state index in [1.54, 1.807) is 48.6 Å². The number of rotatable bonds is 10. The van der Waals surface area contributed by atoms with E-state index in [2.05, 4.69) is 4.90 Å². The molecule has 2 aliphatic heterocycles. The Hall–Kier alpha value is -3.57. The third-order valence-electron chi connectivity index (χ3n) is 7.58. The Morgan fingerprint density at radius 2 is 1.88 bits per heavy atom. The molecule has 0 aliphatic carbocycles. The van der Waals surface area contributed by atoms with Crippen LogP contribution in [0.3, 0.4) is 0 Å². The van der Waals surface area contributed by atoms with Crippen LogP contribution in [-0.4, -0.2) is 74.1 Å². The summed E-state index contributed by atoms with van der Waals surface area (Å²) in [5, 5.41) is 17.1. The lowest BCUT2D eigenvalue weighted by Gasteiger charge is -2.34. The molecule has 0 bridgehead atoms. The summed E-state index contributed by atoms with van der Waals surface area (Å²) < 4.78 is 33.3. The van der Waals surface area contributed by atoms with E-state index >= 15 is 0 Å². The van der Waals surface area contributed by atoms with Crippen molar-refractivity contribution in [3.05, 3.63) is 64.7 Å². The monoisotopic (exact) mass is 629 g/mol. The number of nitrogens with one attached hydrogen (secondary N) is 1. The van der Waals surface area contributed by atoms with Crippen LogP contribution in [0.2, 0.25) is 5.02 Å². The van der Waals surface area contributed by atoms with Gasteiger partial charge in [0.1, 0.15) is 17.7 Å². The van der Waals surface area contributed by atoms with Crippen LogP contribution in [0.25, 0.3) is 6.08 Å². The summed E-state index contributed by atoms with van der Waals surface area (Å²) in [7, 11) is -4.22. The number of aliphatic carboxylic acids is 1. The average Bonchev–Trinajstić information content (AvgIpc) is 3.10. The maximum absolute atomic E-state index is 13.0. The number of anilines is 1. The van der Waals surface area contributed by atoms with Gasteiger partial charge in [-0.3, -0.25) is 19.5 Å². The van der Waals surface area contributed by atoms with Gasteiger partial charge in [0, 0.05) is 44.5 Å². The van der Waals surface area contributed by atoms with Gasteiger partial charge in [0.05, 0.1) is 23.1 Å². The minimum atomic E-state index is -4.22. The van der Waals surface area contributed by atoms with Gasteiger partial charge in [0.25, 0.3) is 0 Å². The smallest absolute Gasteiger partial charge is 0.320 e. The second-order valence-corrected chi connectivity index (χ2v) is 13.2. The molecule has 2 aliphatic rings. The molecule has 2 aromatic rings. The van der Waals surface area contributed by atoms with E-state index in [0.717, 1.165) is 49.6 Å². The van der Waals surface area contributed by atoms with Crippen molar-refractivity contribution in [1.29, 1.82) is 5.41 Å². The van der Waals surface area contributed by atoms with Crippen LogP contribution in [0.4, 0.5) is 5.69 Å². The van der Waals surface area contributed by atoms with Gasteiger partial charge < -0.3 is 20.5 Å². The number of sulfonamides is 1. The number of nitrogens with zero attached hydrogens (tertiary/aromatic N) is 3. The quantitative estimate of drug-likeness (QED) is 0.243. The van der Waals surface area contributed by atoms with E-state index in [9.17, 15) is 18.3 Å². The molecular weight excluding hydrogens is 590 g/mol. The van der Waals surface area contributed by atoms with Crippen molar-refractivity contribution >= 4 is 51.0 Å². The number of benzene rings is 2. The molecule has 0 saturated carbocycles. The van der Waals surface area contributed by atoms with E-state index in [-0.39, 0.29) is 29.2 Å². The maximum Gasteiger partial charge on any atom is 0.320 e. The lowest BCUT2D eigenvalue weighted by molar-refractivity contribution is -0.134. The maximum atomic E-state index is 13.0. The number of halogens is 1. The van der Waals surface area contributed by atoms with E-state index < -0.39 is 21.7 Å².